The first-order chi connectivity index (χ1) is 9.83. The first-order valence-electron chi connectivity index (χ1n) is 7.10. The first kappa shape index (κ1) is 16.0. The molecule has 6 heteroatoms. The molecule has 0 aliphatic carbocycles. The second-order valence-electron chi connectivity index (χ2n) is 5.75. The molecule has 1 aromatic carbocycles. The fraction of sp³-hybridized carbons (Fsp3) is 0.533. The lowest BCUT2D eigenvalue weighted by molar-refractivity contribution is -0.141. The van der Waals surface area contributed by atoms with Gasteiger partial charge in [-0.3, -0.25) is 4.79 Å². The van der Waals surface area contributed by atoms with E-state index in [1.54, 1.807) is 6.92 Å². The Morgan fingerprint density at radius 2 is 2.00 bits per heavy atom. The van der Waals surface area contributed by atoms with E-state index in [9.17, 15) is 18.3 Å². The molecule has 1 aliphatic rings. The van der Waals surface area contributed by atoms with E-state index < -0.39 is 22.0 Å². The molecule has 1 saturated heterocycles. The Kier molecular flexibility index (Phi) is 4.68. The third kappa shape index (κ3) is 3.44. The lowest BCUT2D eigenvalue weighted by Crippen LogP contribution is -2.44. The van der Waals surface area contributed by atoms with Crippen LogP contribution in [-0.4, -0.2) is 42.1 Å². The van der Waals surface area contributed by atoms with Gasteiger partial charge in [0.05, 0.1) is 5.75 Å². The molecule has 0 spiro atoms. The van der Waals surface area contributed by atoms with Crippen LogP contribution in [0.1, 0.15) is 31.7 Å². The Balaban J connectivity index is 2.17. The number of carbonyl (C=O) groups is 1. The van der Waals surface area contributed by atoms with Crippen molar-refractivity contribution in [1.29, 1.82) is 0 Å². The molecule has 0 amide bonds. The molecular formula is C15H21NO4S. The molecule has 0 radical (unpaired) electrons. The molecule has 0 bridgehead atoms. The van der Waals surface area contributed by atoms with E-state index in [0.717, 1.165) is 5.56 Å². The molecule has 1 fully saturated rings. The van der Waals surface area contributed by atoms with Crippen molar-refractivity contribution >= 4 is 16.0 Å². The molecule has 1 aromatic rings. The smallest absolute Gasteiger partial charge is 0.322 e. The van der Waals surface area contributed by atoms with Gasteiger partial charge in [-0.25, -0.2) is 8.42 Å². The van der Waals surface area contributed by atoms with Crippen molar-refractivity contribution in [3.63, 3.8) is 0 Å². The summed E-state index contributed by atoms with van der Waals surface area (Å²) in [6.45, 7) is 3.93. The maximum absolute atomic E-state index is 12.5. The Labute approximate surface area is 125 Å². The summed E-state index contributed by atoms with van der Waals surface area (Å²) in [5, 5.41) is 9.26. The molecule has 1 heterocycles. The lowest BCUT2D eigenvalue weighted by Gasteiger charge is -2.24. The van der Waals surface area contributed by atoms with Crippen LogP contribution >= 0.6 is 0 Å². The molecule has 5 nitrogen and oxygen atoms in total. The van der Waals surface area contributed by atoms with Gasteiger partial charge in [-0.1, -0.05) is 44.2 Å². The highest BCUT2D eigenvalue weighted by Crippen LogP contribution is 2.29. The number of carboxylic acids is 1. The van der Waals surface area contributed by atoms with Crippen LogP contribution in [0.2, 0.25) is 0 Å². The van der Waals surface area contributed by atoms with Crippen LogP contribution in [-0.2, 0) is 14.8 Å². The number of aliphatic carboxylic acids is 1. The summed E-state index contributed by atoms with van der Waals surface area (Å²) in [4.78, 5) is 11.3. The van der Waals surface area contributed by atoms with Crippen LogP contribution in [0.5, 0.6) is 0 Å². The molecule has 21 heavy (non-hydrogen) atoms. The van der Waals surface area contributed by atoms with Crippen LogP contribution in [0.3, 0.4) is 0 Å². The van der Waals surface area contributed by atoms with Crippen molar-refractivity contribution in [1.82, 2.24) is 4.31 Å². The minimum Gasteiger partial charge on any atom is -0.480 e. The summed E-state index contributed by atoms with van der Waals surface area (Å²) in [6, 6.07) is 8.47. The molecule has 3 unspecified atom stereocenters. The summed E-state index contributed by atoms with van der Waals surface area (Å²) in [5.41, 5.74) is 0.945. The average molecular weight is 311 g/mol. The Morgan fingerprint density at radius 1 is 1.38 bits per heavy atom. The first-order valence-corrected chi connectivity index (χ1v) is 8.71. The summed E-state index contributed by atoms with van der Waals surface area (Å²) < 4.78 is 26.2. The summed E-state index contributed by atoms with van der Waals surface area (Å²) in [5.74, 6) is -1.44. The lowest BCUT2D eigenvalue weighted by atomic mass is 10.0. The van der Waals surface area contributed by atoms with Gasteiger partial charge in [-0.2, -0.15) is 4.31 Å². The van der Waals surface area contributed by atoms with Crippen molar-refractivity contribution < 1.29 is 18.3 Å². The van der Waals surface area contributed by atoms with Crippen LogP contribution in [0.15, 0.2) is 30.3 Å². The molecule has 0 aromatic heterocycles. The van der Waals surface area contributed by atoms with E-state index in [0.29, 0.717) is 13.0 Å². The Bertz CT molecular complexity index is 599. The zero-order valence-electron chi connectivity index (χ0n) is 12.3. The van der Waals surface area contributed by atoms with Gasteiger partial charge in [0.2, 0.25) is 10.0 Å². The SMILES string of the molecule is CC(CS(=O)(=O)N1CCC(C)C1C(=O)O)c1ccccc1. The predicted octanol–water partition coefficient (Wildman–Crippen LogP) is 1.91. The second kappa shape index (κ2) is 6.15. The summed E-state index contributed by atoms with van der Waals surface area (Å²) in [7, 11) is -3.58. The van der Waals surface area contributed by atoms with Gasteiger partial charge in [0.25, 0.3) is 0 Å². The maximum Gasteiger partial charge on any atom is 0.322 e. The minimum atomic E-state index is -3.58. The zero-order chi connectivity index (χ0) is 15.6. The topological polar surface area (TPSA) is 74.7 Å². The van der Waals surface area contributed by atoms with Crippen LogP contribution in [0.25, 0.3) is 0 Å². The molecule has 3 atom stereocenters. The van der Waals surface area contributed by atoms with Crippen LogP contribution in [0.4, 0.5) is 0 Å². The fourth-order valence-corrected chi connectivity index (χ4v) is 4.92. The van der Waals surface area contributed by atoms with Crippen LogP contribution < -0.4 is 0 Å². The zero-order valence-corrected chi connectivity index (χ0v) is 13.1. The maximum atomic E-state index is 12.5. The van der Waals surface area contributed by atoms with E-state index in [2.05, 4.69) is 0 Å². The highest BCUT2D eigenvalue weighted by molar-refractivity contribution is 7.89. The van der Waals surface area contributed by atoms with Gasteiger partial charge in [0, 0.05) is 6.54 Å². The molecule has 1 aliphatic heterocycles. The fourth-order valence-electron chi connectivity index (χ4n) is 2.88. The van der Waals surface area contributed by atoms with Gasteiger partial charge in [0.15, 0.2) is 0 Å². The Morgan fingerprint density at radius 3 is 2.57 bits per heavy atom. The number of hydrogen-bond acceptors (Lipinski definition) is 3. The summed E-state index contributed by atoms with van der Waals surface area (Å²) in [6.07, 6.45) is 0.593. The van der Waals surface area contributed by atoms with E-state index in [1.165, 1.54) is 4.31 Å². The highest BCUT2D eigenvalue weighted by Gasteiger charge is 2.43. The van der Waals surface area contributed by atoms with Crippen molar-refractivity contribution in [3.05, 3.63) is 35.9 Å². The van der Waals surface area contributed by atoms with Crippen LogP contribution in [0, 0.1) is 5.92 Å². The van der Waals surface area contributed by atoms with Crippen molar-refractivity contribution in [2.75, 3.05) is 12.3 Å². The third-order valence-electron chi connectivity index (χ3n) is 4.09. The normalized spacial score (nSPS) is 24.9. The van der Waals surface area contributed by atoms with E-state index >= 15 is 0 Å². The minimum absolute atomic E-state index is 0.0620. The van der Waals surface area contributed by atoms with Crippen molar-refractivity contribution in [2.24, 2.45) is 5.92 Å². The summed E-state index contributed by atoms with van der Waals surface area (Å²) >= 11 is 0. The largest absolute Gasteiger partial charge is 0.480 e. The molecule has 1 N–H and O–H groups in total. The van der Waals surface area contributed by atoms with E-state index in [4.69, 9.17) is 0 Å². The molecule has 0 saturated carbocycles. The second-order valence-corrected chi connectivity index (χ2v) is 7.72. The van der Waals surface area contributed by atoms with Gasteiger partial charge in [-0.05, 0) is 23.8 Å². The van der Waals surface area contributed by atoms with Crippen molar-refractivity contribution in [2.45, 2.75) is 32.2 Å². The van der Waals surface area contributed by atoms with Gasteiger partial charge in [0.1, 0.15) is 6.04 Å². The van der Waals surface area contributed by atoms with E-state index in [1.807, 2.05) is 37.3 Å². The molecular weight excluding hydrogens is 290 g/mol. The number of rotatable bonds is 5. The van der Waals surface area contributed by atoms with Gasteiger partial charge < -0.3 is 5.11 Å². The number of hydrogen-bond donors (Lipinski definition) is 1. The third-order valence-corrected chi connectivity index (χ3v) is 6.14. The standard InChI is InChI=1S/C15H21NO4S/c1-11-8-9-16(14(11)15(17)18)21(19,20)10-12(2)13-6-4-3-5-7-13/h3-7,11-12,14H,8-10H2,1-2H3,(H,17,18). The number of sulfonamides is 1. The van der Waals surface area contributed by atoms with Gasteiger partial charge in [-0.15, -0.1) is 0 Å². The number of nitrogens with zero attached hydrogens (tertiary/aromatic N) is 1. The van der Waals surface area contributed by atoms with Gasteiger partial charge >= 0.3 is 5.97 Å². The number of benzene rings is 1. The predicted molar refractivity (Wildman–Crippen MR) is 80.6 cm³/mol. The molecule has 116 valence electrons. The van der Waals surface area contributed by atoms with Crippen molar-refractivity contribution in [3.8, 4) is 0 Å². The quantitative estimate of drug-likeness (QED) is 0.901. The Hall–Kier alpha value is -1.40. The van der Waals surface area contributed by atoms with E-state index in [-0.39, 0.29) is 17.6 Å². The number of carboxylic acid groups (broad SMARTS) is 1. The average Bonchev–Trinajstić information content (AvgIpc) is 2.82. The monoisotopic (exact) mass is 311 g/mol. The highest BCUT2D eigenvalue weighted by atomic mass is 32.2. The molecule has 2 rings (SSSR count).